The quantitative estimate of drug-likeness (QED) is 0.429. The van der Waals surface area contributed by atoms with Crippen molar-refractivity contribution in [2.45, 2.75) is 13.5 Å². The maximum absolute atomic E-state index is 10.8. The number of nitrogens with one attached hydrogen (secondary N) is 1. The predicted octanol–water partition coefficient (Wildman–Crippen LogP) is 3.66. The standard InChI is InChI=1S/C16H20BrN3O3/c1-3-19(2)9-8-18-11-13-5-7-16(23-13)14-6-4-12(20(21)22)10-15(14)17/h4-7,10,18H,3,8-9,11H2,1-2H3. The average Bonchev–Trinajstić information content (AvgIpc) is 2.99. The Morgan fingerprint density at radius 2 is 2.13 bits per heavy atom. The molecule has 0 aliphatic carbocycles. The van der Waals surface area contributed by atoms with E-state index < -0.39 is 4.92 Å². The number of furan rings is 1. The molecule has 0 unspecified atom stereocenters. The summed E-state index contributed by atoms with van der Waals surface area (Å²) < 4.78 is 6.45. The summed E-state index contributed by atoms with van der Waals surface area (Å²) >= 11 is 3.36. The van der Waals surface area contributed by atoms with Crippen molar-refractivity contribution in [3.05, 3.63) is 50.7 Å². The molecule has 0 radical (unpaired) electrons. The fraction of sp³-hybridized carbons (Fsp3) is 0.375. The predicted molar refractivity (Wildman–Crippen MR) is 93.4 cm³/mol. The molecule has 1 aromatic heterocycles. The van der Waals surface area contributed by atoms with Gasteiger partial charge in [-0.15, -0.1) is 0 Å². The van der Waals surface area contributed by atoms with Crippen LogP contribution in [0, 0.1) is 10.1 Å². The van der Waals surface area contributed by atoms with Gasteiger partial charge in [-0.25, -0.2) is 0 Å². The third-order valence-corrected chi connectivity index (χ3v) is 4.26. The zero-order chi connectivity index (χ0) is 16.8. The second kappa shape index (κ2) is 8.24. The molecule has 0 atom stereocenters. The molecule has 0 aliphatic heterocycles. The van der Waals surface area contributed by atoms with Gasteiger partial charge < -0.3 is 14.6 Å². The Labute approximate surface area is 143 Å². The number of rotatable bonds is 8. The third-order valence-electron chi connectivity index (χ3n) is 3.60. The third kappa shape index (κ3) is 4.89. The summed E-state index contributed by atoms with van der Waals surface area (Å²) in [4.78, 5) is 12.6. The number of nitrogens with zero attached hydrogens (tertiary/aromatic N) is 2. The van der Waals surface area contributed by atoms with Crippen LogP contribution in [0.15, 0.2) is 39.2 Å². The number of non-ortho nitro benzene ring substituents is 1. The molecule has 0 aliphatic rings. The molecular weight excluding hydrogens is 362 g/mol. The Bertz CT molecular complexity index is 672. The number of nitro groups is 1. The number of hydrogen-bond donors (Lipinski definition) is 1. The fourth-order valence-electron chi connectivity index (χ4n) is 2.07. The van der Waals surface area contributed by atoms with E-state index in [1.807, 2.05) is 12.1 Å². The van der Waals surface area contributed by atoms with Crippen molar-refractivity contribution >= 4 is 21.6 Å². The molecule has 0 amide bonds. The highest BCUT2D eigenvalue weighted by Crippen LogP contribution is 2.32. The number of halogens is 1. The highest BCUT2D eigenvalue weighted by molar-refractivity contribution is 9.10. The maximum atomic E-state index is 10.8. The Morgan fingerprint density at radius 3 is 2.78 bits per heavy atom. The normalized spacial score (nSPS) is 11.1. The van der Waals surface area contributed by atoms with Crippen molar-refractivity contribution in [3.8, 4) is 11.3 Å². The Balaban J connectivity index is 1.98. The van der Waals surface area contributed by atoms with E-state index in [1.165, 1.54) is 12.1 Å². The first-order chi connectivity index (χ1) is 11.0. The summed E-state index contributed by atoms with van der Waals surface area (Å²) in [5, 5.41) is 14.1. The summed E-state index contributed by atoms with van der Waals surface area (Å²) in [6.07, 6.45) is 0. The van der Waals surface area contributed by atoms with Gasteiger partial charge in [0.2, 0.25) is 0 Å². The van der Waals surface area contributed by atoms with Gasteiger partial charge in [0, 0.05) is 35.3 Å². The lowest BCUT2D eigenvalue weighted by atomic mass is 10.1. The molecule has 23 heavy (non-hydrogen) atoms. The number of likely N-dealkylation sites (N-methyl/N-ethyl adjacent to an activating group) is 1. The van der Waals surface area contributed by atoms with Crippen molar-refractivity contribution in [2.75, 3.05) is 26.7 Å². The zero-order valence-corrected chi connectivity index (χ0v) is 14.8. The van der Waals surface area contributed by atoms with Gasteiger partial charge in [0.25, 0.3) is 5.69 Å². The Hall–Kier alpha value is -1.70. The SMILES string of the molecule is CCN(C)CCNCc1ccc(-c2ccc([N+](=O)[O-])cc2Br)o1. The monoisotopic (exact) mass is 381 g/mol. The summed E-state index contributed by atoms with van der Waals surface area (Å²) in [5.74, 6) is 1.53. The molecule has 1 heterocycles. The summed E-state index contributed by atoms with van der Waals surface area (Å²) in [5.41, 5.74) is 0.849. The van der Waals surface area contributed by atoms with E-state index in [1.54, 1.807) is 6.07 Å². The van der Waals surface area contributed by atoms with E-state index in [0.717, 1.165) is 31.0 Å². The van der Waals surface area contributed by atoms with E-state index in [0.29, 0.717) is 16.8 Å². The minimum absolute atomic E-state index is 0.0501. The van der Waals surface area contributed by atoms with E-state index in [9.17, 15) is 10.1 Å². The first-order valence-electron chi connectivity index (χ1n) is 7.43. The van der Waals surface area contributed by atoms with E-state index in [-0.39, 0.29) is 5.69 Å². The molecule has 2 aromatic rings. The summed E-state index contributed by atoms with van der Waals surface area (Å²) in [6.45, 7) is 5.68. The van der Waals surface area contributed by atoms with Crippen LogP contribution in [-0.4, -0.2) is 36.5 Å². The fourth-order valence-corrected chi connectivity index (χ4v) is 2.64. The smallest absolute Gasteiger partial charge is 0.270 e. The van der Waals surface area contributed by atoms with Gasteiger partial charge in [-0.3, -0.25) is 10.1 Å². The second-order valence-corrected chi connectivity index (χ2v) is 6.11. The van der Waals surface area contributed by atoms with Gasteiger partial charge in [0.1, 0.15) is 11.5 Å². The maximum Gasteiger partial charge on any atom is 0.270 e. The molecule has 1 N–H and O–H groups in total. The van der Waals surface area contributed by atoms with Crippen molar-refractivity contribution in [1.82, 2.24) is 10.2 Å². The molecule has 0 fully saturated rings. The molecule has 0 saturated carbocycles. The van der Waals surface area contributed by atoms with Gasteiger partial charge in [0.15, 0.2) is 0 Å². The summed E-state index contributed by atoms with van der Waals surface area (Å²) in [7, 11) is 2.08. The van der Waals surface area contributed by atoms with Crippen molar-refractivity contribution in [2.24, 2.45) is 0 Å². The average molecular weight is 382 g/mol. The van der Waals surface area contributed by atoms with E-state index >= 15 is 0 Å². The van der Waals surface area contributed by atoms with E-state index in [2.05, 4.69) is 40.1 Å². The summed E-state index contributed by atoms with van der Waals surface area (Å²) in [6, 6.07) is 8.44. The molecule has 0 saturated heterocycles. The lowest BCUT2D eigenvalue weighted by Gasteiger charge is -2.13. The Morgan fingerprint density at radius 1 is 1.35 bits per heavy atom. The first kappa shape index (κ1) is 17.7. The minimum atomic E-state index is -0.417. The molecule has 2 rings (SSSR count). The van der Waals surface area contributed by atoms with Crippen LogP contribution in [0.25, 0.3) is 11.3 Å². The van der Waals surface area contributed by atoms with E-state index in [4.69, 9.17) is 4.42 Å². The molecule has 6 nitrogen and oxygen atoms in total. The molecule has 0 spiro atoms. The van der Waals surface area contributed by atoms with Crippen LogP contribution in [0.3, 0.4) is 0 Å². The van der Waals surface area contributed by atoms with Crippen molar-refractivity contribution in [3.63, 3.8) is 0 Å². The second-order valence-electron chi connectivity index (χ2n) is 5.26. The molecular formula is C16H20BrN3O3. The molecule has 7 heteroatoms. The van der Waals surface area contributed by atoms with Gasteiger partial charge >= 0.3 is 0 Å². The number of hydrogen-bond acceptors (Lipinski definition) is 5. The Kier molecular flexibility index (Phi) is 6.32. The van der Waals surface area contributed by atoms with Gasteiger partial charge in [-0.2, -0.15) is 0 Å². The van der Waals surface area contributed by atoms with Crippen LogP contribution in [0.1, 0.15) is 12.7 Å². The van der Waals surface area contributed by atoms with Crippen molar-refractivity contribution < 1.29 is 9.34 Å². The van der Waals surface area contributed by atoms with Crippen LogP contribution in [0.5, 0.6) is 0 Å². The molecule has 0 bridgehead atoms. The van der Waals surface area contributed by atoms with Crippen LogP contribution in [-0.2, 0) is 6.54 Å². The largest absolute Gasteiger partial charge is 0.460 e. The van der Waals surface area contributed by atoms with Crippen LogP contribution in [0.4, 0.5) is 5.69 Å². The lowest BCUT2D eigenvalue weighted by Crippen LogP contribution is -2.28. The number of benzene rings is 1. The van der Waals surface area contributed by atoms with Crippen LogP contribution < -0.4 is 5.32 Å². The zero-order valence-electron chi connectivity index (χ0n) is 13.2. The topological polar surface area (TPSA) is 71.5 Å². The minimum Gasteiger partial charge on any atom is -0.460 e. The number of nitro benzene ring substituents is 1. The molecule has 124 valence electrons. The molecule has 1 aromatic carbocycles. The van der Waals surface area contributed by atoms with Crippen molar-refractivity contribution in [1.29, 1.82) is 0 Å². The van der Waals surface area contributed by atoms with Gasteiger partial charge in [0.05, 0.1) is 11.5 Å². The lowest BCUT2D eigenvalue weighted by molar-refractivity contribution is -0.384. The van der Waals surface area contributed by atoms with Crippen LogP contribution >= 0.6 is 15.9 Å². The van der Waals surface area contributed by atoms with Crippen LogP contribution in [0.2, 0.25) is 0 Å². The first-order valence-corrected chi connectivity index (χ1v) is 8.23. The van der Waals surface area contributed by atoms with Gasteiger partial charge in [-0.05, 0) is 47.7 Å². The highest BCUT2D eigenvalue weighted by atomic mass is 79.9. The highest BCUT2D eigenvalue weighted by Gasteiger charge is 2.13. The van der Waals surface area contributed by atoms with Gasteiger partial charge in [-0.1, -0.05) is 6.92 Å².